The van der Waals surface area contributed by atoms with E-state index in [9.17, 15) is 9.90 Å². The largest absolute Gasteiger partial charge is 0.476 e. The fraction of sp³-hybridized carbons (Fsp3) is 0.455. The lowest BCUT2D eigenvalue weighted by Crippen LogP contribution is -2.42. The van der Waals surface area contributed by atoms with Crippen molar-refractivity contribution >= 4 is 5.91 Å². The summed E-state index contributed by atoms with van der Waals surface area (Å²) in [5, 5.41) is 13.2. The minimum absolute atomic E-state index is 0.204. The number of nitrogens with zero attached hydrogens (tertiary/aromatic N) is 3. The Kier molecular flexibility index (Phi) is 7.57. The Morgan fingerprint density at radius 1 is 1.31 bits per heavy atom. The van der Waals surface area contributed by atoms with Gasteiger partial charge in [-0.2, -0.15) is 0 Å². The number of hydrogen-bond acceptors (Lipinski definition) is 6. The van der Waals surface area contributed by atoms with Crippen LogP contribution < -0.4 is 10.1 Å². The third-order valence-electron chi connectivity index (χ3n) is 4.96. The van der Waals surface area contributed by atoms with Crippen molar-refractivity contribution in [3.05, 3.63) is 59.3 Å². The van der Waals surface area contributed by atoms with E-state index in [2.05, 4.69) is 33.4 Å². The molecule has 0 radical (unpaired) electrons. The fourth-order valence-corrected chi connectivity index (χ4v) is 3.35. The highest BCUT2D eigenvalue weighted by atomic mass is 16.5. The maximum atomic E-state index is 12.4. The summed E-state index contributed by atoms with van der Waals surface area (Å²) < 4.78 is 5.57. The van der Waals surface area contributed by atoms with Crippen molar-refractivity contribution in [1.82, 2.24) is 20.1 Å². The van der Waals surface area contributed by atoms with Crippen molar-refractivity contribution in [3.8, 4) is 5.88 Å². The second kappa shape index (κ2) is 10.3. The third-order valence-corrected chi connectivity index (χ3v) is 4.96. The van der Waals surface area contributed by atoms with Crippen LogP contribution in [0.4, 0.5) is 0 Å². The minimum Gasteiger partial charge on any atom is -0.476 e. The molecule has 7 nitrogen and oxygen atoms in total. The number of aliphatic hydroxyl groups is 1. The van der Waals surface area contributed by atoms with Gasteiger partial charge in [-0.15, -0.1) is 0 Å². The molecule has 2 N–H and O–H groups in total. The lowest BCUT2D eigenvalue weighted by atomic mass is 10.00. The number of amides is 1. The molecule has 2 aromatic rings. The fourth-order valence-electron chi connectivity index (χ4n) is 3.35. The van der Waals surface area contributed by atoms with Gasteiger partial charge >= 0.3 is 0 Å². The summed E-state index contributed by atoms with van der Waals surface area (Å²) in [6, 6.07) is 11.7. The number of hydrogen-bond donors (Lipinski definition) is 2. The molecule has 7 heteroatoms. The maximum absolute atomic E-state index is 12.4. The van der Waals surface area contributed by atoms with Gasteiger partial charge in [-0.05, 0) is 37.7 Å². The number of carbonyl (C=O) groups is 1. The van der Waals surface area contributed by atoms with E-state index < -0.39 is 6.10 Å². The maximum Gasteiger partial charge on any atom is 0.251 e. The van der Waals surface area contributed by atoms with Gasteiger partial charge in [-0.3, -0.25) is 9.69 Å². The number of rotatable bonds is 9. The molecule has 1 aliphatic rings. The van der Waals surface area contributed by atoms with E-state index in [4.69, 9.17) is 4.74 Å². The molecule has 0 saturated carbocycles. The van der Waals surface area contributed by atoms with Crippen LogP contribution in [0.1, 0.15) is 21.5 Å². The smallest absolute Gasteiger partial charge is 0.251 e. The van der Waals surface area contributed by atoms with Crippen LogP contribution in [0.2, 0.25) is 0 Å². The monoisotopic (exact) mass is 398 g/mol. The highest BCUT2D eigenvalue weighted by Gasteiger charge is 2.19. The van der Waals surface area contributed by atoms with E-state index in [-0.39, 0.29) is 12.5 Å². The summed E-state index contributed by atoms with van der Waals surface area (Å²) in [6.45, 7) is 3.76. The molecule has 1 amide bonds. The van der Waals surface area contributed by atoms with Crippen LogP contribution in [0.5, 0.6) is 5.88 Å². The van der Waals surface area contributed by atoms with Crippen molar-refractivity contribution in [2.24, 2.45) is 0 Å². The van der Waals surface area contributed by atoms with Crippen molar-refractivity contribution in [1.29, 1.82) is 0 Å². The number of aromatic nitrogens is 1. The topological polar surface area (TPSA) is 77.9 Å². The van der Waals surface area contributed by atoms with E-state index in [1.165, 1.54) is 11.1 Å². The molecular weight excluding hydrogens is 368 g/mol. The zero-order chi connectivity index (χ0) is 20.6. The predicted molar refractivity (Wildman–Crippen MR) is 112 cm³/mol. The van der Waals surface area contributed by atoms with Gasteiger partial charge in [-0.1, -0.05) is 24.3 Å². The van der Waals surface area contributed by atoms with Crippen molar-refractivity contribution in [2.75, 3.05) is 46.9 Å². The molecule has 1 aromatic heterocycles. The summed E-state index contributed by atoms with van der Waals surface area (Å²) in [6.07, 6.45) is 1.92. The second-order valence-electron chi connectivity index (χ2n) is 7.65. The van der Waals surface area contributed by atoms with E-state index in [1.54, 1.807) is 18.3 Å². The Balaban J connectivity index is 1.44. The van der Waals surface area contributed by atoms with Crippen LogP contribution in [0.3, 0.4) is 0 Å². The van der Waals surface area contributed by atoms with Crippen LogP contribution in [-0.4, -0.2) is 78.8 Å². The summed E-state index contributed by atoms with van der Waals surface area (Å²) >= 11 is 0. The summed E-state index contributed by atoms with van der Waals surface area (Å²) in [4.78, 5) is 20.8. The molecule has 3 rings (SSSR count). The number of benzene rings is 1. The first kappa shape index (κ1) is 21.2. The number of fused-ring (bicyclic) bond motifs is 1. The molecule has 156 valence electrons. The normalized spacial score (nSPS) is 15.0. The average Bonchev–Trinajstić information content (AvgIpc) is 2.72. The van der Waals surface area contributed by atoms with Crippen LogP contribution >= 0.6 is 0 Å². The van der Waals surface area contributed by atoms with Gasteiger partial charge in [0.05, 0.1) is 6.10 Å². The molecular formula is C22H30N4O3. The van der Waals surface area contributed by atoms with E-state index in [0.717, 1.165) is 26.1 Å². The molecule has 0 spiro atoms. The Hall–Kier alpha value is -2.48. The zero-order valence-electron chi connectivity index (χ0n) is 17.2. The number of pyridine rings is 1. The first-order chi connectivity index (χ1) is 14.0. The summed E-state index contributed by atoms with van der Waals surface area (Å²) in [5.41, 5.74) is 3.17. The summed E-state index contributed by atoms with van der Waals surface area (Å²) in [7, 11) is 3.93. The predicted octanol–water partition coefficient (Wildman–Crippen LogP) is 1.17. The highest BCUT2D eigenvalue weighted by molar-refractivity contribution is 5.94. The number of aliphatic hydroxyl groups excluding tert-OH is 1. The molecule has 1 unspecified atom stereocenters. The SMILES string of the molecule is CN(C)CCOc1cc(C(=O)NCC(O)CN2CCc3ccccc3C2)ccn1. The van der Waals surface area contributed by atoms with Gasteiger partial charge < -0.3 is 20.1 Å². The number of ether oxygens (including phenoxy) is 1. The Morgan fingerprint density at radius 2 is 2.10 bits per heavy atom. The Bertz CT molecular complexity index is 812. The number of carbonyl (C=O) groups excluding carboxylic acids is 1. The van der Waals surface area contributed by atoms with Gasteiger partial charge in [0.1, 0.15) is 6.61 Å². The van der Waals surface area contributed by atoms with Gasteiger partial charge in [0, 0.05) is 50.6 Å². The first-order valence-electron chi connectivity index (χ1n) is 10.0. The highest BCUT2D eigenvalue weighted by Crippen LogP contribution is 2.18. The van der Waals surface area contributed by atoms with Crippen molar-refractivity contribution in [2.45, 2.75) is 19.1 Å². The molecule has 1 atom stereocenters. The minimum atomic E-state index is -0.623. The lowest BCUT2D eigenvalue weighted by molar-refractivity contribution is 0.0841. The molecule has 0 bridgehead atoms. The molecule has 1 aromatic carbocycles. The van der Waals surface area contributed by atoms with Crippen LogP contribution in [0, 0.1) is 0 Å². The molecule has 1 aliphatic heterocycles. The average molecular weight is 399 g/mol. The Morgan fingerprint density at radius 3 is 2.90 bits per heavy atom. The molecule has 0 saturated heterocycles. The summed E-state index contributed by atoms with van der Waals surface area (Å²) in [5.74, 6) is 0.180. The first-order valence-corrected chi connectivity index (χ1v) is 10.0. The number of nitrogens with one attached hydrogen (secondary N) is 1. The van der Waals surface area contributed by atoms with Crippen LogP contribution in [0.15, 0.2) is 42.6 Å². The van der Waals surface area contributed by atoms with E-state index in [1.807, 2.05) is 25.1 Å². The van der Waals surface area contributed by atoms with Crippen LogP contribution in [0.25, 0.3) is 0 Å². The van der Waals surface area contributed by atoms with E-state index in [0.29, 0.717) is 24.6 Å². The third kappa shape index (κ3) is 6.52. The van der Waals surface area contributed by atoms with Crippen molar-refractivity contribution in [3.63, 3.8) is 0 Å². The van der Waals surface area contributed by atoms with Crippen LogP contribution in [-0.2, 0) is 13.0 Å². The van der Waals surface area contributed by atoms with Gasteiger partial charge in [0.15, 0.2) is 0 Å². The number of likely N-dealkylation sites (N-methyl/N-ethyl adjacent to an activating group) is 1. The van der Waals surface area contributed by atoms with Gasteiger partial charge in [-0.25, -0.2) is 4.98 Å². The van der Waals surface area contributed by atoms with Gasteiger partial charge in [0.25, 0.3) is 5.91 Å². The van der Waals surface area contributed by atoms with Gasteiger partial charge in [0.2, 0.25) is 5.88 Å². The molecule has 0 fully saturated rings. The zero-order valence-corrected chi connectivity index (χ0v) is 17.2. The van der Waals surface area contributed by atoms with E-state index >= 15 is 0 Å². The molecule has 0 aliphatic carbocycles. The quantitative estimate of drug-likeness (QED) is 0.660. The standard InChI is InChI=1S/C22H30N4O3/c1-25(2)11-12-29-21-13-18(7-9-23-21)22(28)24-14-20(27)16-26-10-8-17-5-3-4-6-19(17)15-26/h3-7,9,13,20,27H,8,10-12,14-16H2,1-2H3,(H,24,28). The molecule has 2 heterocycles. The Labute approximate surface area is 172 Å². The molecule has 29 heavy (non-hydrogen) atoms. The van der Waals surface area contributed by atoms with Crippen molar-refractivity contribution < 1.29 is 14.6 Å². The lowest BCUT2D eigenvalue weighted by Gasteiger charge is -2.30. The number of β-amino-alcohol motifs (C(OH)–C–C–N with tert-alkyl or cyclic N) is 1. The second-order valence-corrected chi connectivity index (χ2v) is 7.65.